The van der Waals surface area contributed by atoms with Crippen LogP contribution >= 0.6 is 11.6 Å². The van der Waals surface area contributed by atoms with Crippen molar-refractivity contribution in [3.8, 4) is 0 Å². The van der Waals surface area contributed by atoms with Crippen molar-refractivity contribution in [1.29, 1.82) is 0 Å². The topological polar surface area (TPSA) is 67.6 Å². The number of benzene rings is 1. The van der Waals surface area contributed by atoms with E-state index in [1.54, 1.807) is 11.6 Å². The highest BCUT2D eigenvalue weighted by Gasteiger charge is 2.33. The third-order valence-electron chi connectivity index (χ3n) is 4.79. The summed E-state index contributed by atoms with van der Waals surface area (Å²) >= 11 is 6.05. The van der Waals surface area contributed by atoms with Gasteiger partial charge in [-0.1, -0.05) is 23.7 Å². The Balaban J connectivity index is 1.66. The third-order valence-corrected chi connectivity index (χ3v) is 5.04. The molecule has 0 amide bonds. The van der Waals surface area contributed by atoms with Gasteiger partial charge in [-0.05, 0) is 31.2 Å². The van der Waals surface area contributed by atoms with Gasteiger partial charge >= 0.3 is 0 Å². The highest BCUT2D eigenvalue weighted by Crippen LogP contribution is 2.33. The van der Waals surface area contributed by atoms with Gasteiger partial charge < -0.3 is 10.1 Å². The highest BCUT2D eigenvalue weighted by atomic mass is 35.5. The standard InChI is InChI=1S/C18H21ClN6O/c1-24-8-7-15(17(24)12-3-5-13(19)6-4-12)23-16-9-14(10-26-2)22-18-20-11-21-25(16)18/h3-6,9,11,15,17,23H,7-8,10H2,1-2H3. The molecule has 1 aromatic carbocycles. The lowest BCUT2D eigenvalue weighted by Gasteiger charge is -2.27. The van der Waals surface area contributed by atoms with Gasteiger partial charge in [0.05, 0.1) is 18.3 Å². The number of hydrogen-bond acceptors (Lipinski definition) is 6. The fourth-order valence-corrected chi connectivity index (χ4v) is 3.75. The normalized spacial score (nSPS) is 20.7. The monoisotopic (exact) mass is 372 g/mol. The minimum absolute atomic E-state index is 0.242. The van der Waals surface area contributed by atoms with Gasteiger partial charge in [0.15, 0.2) is 0 Å². The number of aromatic nitrogens is 4. The van der Waals surface area contributed by atoms with Crippen molar-refractivity contribution in [2.45, 2.75) is 25.1 Å². The molecule has 4 rings (SSSR count). The van der Waals surface area contributed by atoms with E-state index in [4.69, 9.17) is 16.3 Å². The Morgan fingerprint density at radius 2 is 2.12 bits per heavy atom. The summed E-state index contributed by atoms with van der Waals surface area (Å²) in [5, 5.41) is 8.70. The van der Waals surface area contributed by atoms with Gasteiger partial charge in [0.25, 0.3) is 5.78 Å². The van der Waals surface area contributed by atoms with E-state index >= 15 is 0 Å². The van der Waals surface area contributed by atoms with Crippen LogP contribution in [0, 0.1) is 0 Å². The summed E-state index contributed by atoms with van der Waals surface area (Å²) in [6.07, 6.45) is 2.55. The van der Waals surface area contributed by atoms with Crippen LogP contribution in [0.3, 0.4) is 0 Å². The zero-order valence-corrected chi connectivity index (χ0v) is 15.5. The number of nitrogens with zero attached hydrogens (tertiary/aromatic N) is 5. The van der Waals surface area contributed by atoms with Crippen LogP contribution in [0.4, 0.5) is 5.82 Å². The molecule has 8 heteroatoms. The van der Waals surface area contributed by atoms with Crippen molar-refractivity contribution in [2.75, 3.05) is 26.0 Å². The number of hydrogen-bond donors (Lipinski definition) is 1. The molecule has 0 saturated carbocycles. The molecule has 2 atom stereocenters. The molecule has 3 heterocycles. The largest absolute Gasteiger partial charge is 0.378 e. The van der Waals surface area contributed by atoms with Crippen LogP contribution < -0.4 is 5.32 Å². The van der Waals surface area contributed by atoms with Gasteiger partial charge in [0.1, 0.15) is 12.1 Å². The fourth-order valence-electron chi connectivity index (χ4n) is 3.62. The number of ether oxygens (including phenoxy) is 1. The number of methoxy groups -OCH3 is 1. The molecule has 0 spiro atoms. The maximum atomic E-state index is 6.05. The van der Waals surface area contributed by atoms with Gasteiger partial charge in [-0.2, -0.15) is 14.6 Å². The molecule has 7 nitrogen and oxygen atoms in total. The Kier molecular flexibility index (Phi) is 4.76. The lowest BCUT2D eigenvalue weighted by atomic mass is 10.0. The molecule has 0 aliphatic carbocycles. The summed E-state index contributed by atoms with van der Waals surface area (Å²) < 4.78 is 6.96. The smallest absolute Gasteiger partial charge is 0.254 e. The second-order valence-corrected chi connectivity index (χ2v) is 6.99. The first-order chi connectivity index (χ1) is 12.7. The first-order valence-electron chi connectivity index (χ1n) is 8.56. The van der Waals surface area contributed by atoms with Crippen LogP contribution in [0.25, 0.3) is 5.78 Å². The van der Waals surface area contributed by atoms with E-state index in [0.717, 1.165) is 29.5 Å². The number of nitrogens with one attached hydrogen (secondary N) is 1. The molecule has 136 valence electrons. The third kappa shape index (κ3) is 3.25. The number of halogens is 1. The average Bonchev–Trinajstić information content (AvgIpc) is 3.23. The van der Waals surface area contributed by atoms with Gasteiger partial charge in [0, 0.05) is 30.8 Å². The minimum atomic E-state index is 0.242. The average molecular weight is 373 g/mol. The van der Waals surface area contributed by atoms with Crippen molar-refractivity contribution in [3.05, 3.63) is 52.9 Å². The van der Waals surface area contributed by atoms with Crippen molar-refractivity contribution < 1.29 is 4.74 Å². The molecule has 0 bridgehead atoms. The maximum Gasteiger partial charge on any atom is 0.254 e. The van der Waals surface area contributed by atoms with Crippen LogP contribution in [-0.4, -0.2) is 51.2 Å². The van der Waals surface area contributed by atoms with E-state index < -0.39 is 0 Å². The summed E-state index contributed by atoms with van der Waals surface area (Å²) in [6, 6.07) is 10.5. The summed E-state index contributed by atoms with van der Waals surface area (Å²) in [4.78, 5) is 11.0. The van der Waals surface area contributed by atoms with Crippen LogP contribution in [0.1, 0.15) is 23.7 Å². The summed E-state index contributed by atoms with van der Waals surface area (Å²) in [6.45, 7) is 1.45. The van der Waals surface area contributed by atoms with E-state index in [1.165, 1.54) is 11.9 Å². The van der Waals surface area contributed by atoms with E-state index in [2.05, 4.69) is 44.5 Å². The summed E-state index contributed by atoms with van der Waals surface area (Å²) in [5.41, 5.74) is 2.07. The first kappa shape index (κ1) is 17.2. The number of likely N-dealkylation sites (tertiary alicyclic amines) is 1. The molecule has 1 saturated heterocycles. The van der Waals surface area contributed by atoms with Gasteiger partial charge in [0.2, 0.25) is 0 Å². The Morgan fingerprint density at radius 1 is 1.31 bits per heavy atom. The van der Waals surface area contributed by atoms with Crippen LogP contribution in [-0.2, 0) is 11.3 Å². The van der Waals surface area contributed by atoms with E-state index in [1.807, 2.05) is 18.2 Å². The Bertz CT molecular complexity index is 896. The zero-order chi connectivity index (χ0) is 18.1. The van der Waals surface area contributed by atoms with Crippen molar-refractivity contribution in [1.82, 2.24) is 24.5 Å². The lowest BCUT2D eigenvalue weighted by molar-refractivity contribution is 0.181. The van der Waals surface area contributed by atoms with E-state index in [-0.39, 0.29) is 12.1 Å². The quantitative estimate of drug-likeness (QED) is 0.742. The highest BCUT2D eigenvalue weighted by molar-refractivity contribution is 6.30. The van der Waals surface area contributed by atoms with E-state index in [0.29, 0.717) is 12.4 Å². The summed E-state index contributed by atoms with van der Waals surface area (Å²) in [7, 11) is 3.81. The number of fused-ring (bicyclic) bond motifs is 1. The minimum Gasteiger partial charge on any atom is -0.378 e. The van der Waals surface area contributed by atoms with Gasteiger partial charge in [-0.25, -0.2) is 4.98 Å². The van der Waals surface area contributed by atoms with Crippen LogP contribution in [0.2, 0.25) is 5.02 Å². The van der Waals surface area contributed by atoms with Crippen molar-refractivity contribution in [3.63, 3.8) is 0 Å². The first-order valence-corrected chi connectivity index (χ1v) is 8.94. The van der Waals surface area contributed by atoms with Crippen molar-refractivity contribution in [2.24, 2.45) is 0 Å². The van der Waals surface area contributed by atoms with Gasteiger partial charge in [-0.15, -0.1) is 0 Å². The predicted molar refractivity (Wildman–Crippen MR) is 100 cm³/mol. The molecular weight excluding hydrogens is 352 g/mol. The van der Waals surface area contributed by atoms with Gasteiger partial charge in [-0.3, -0.25) is 4.90 Å². The lowest BCUT2D eigenvalue weighted by Crippen LogP contribution is -2.30. The molecular formula is C18H21ClN6O. The molecule has 26 heavy (non-hydrogen) atoms. The SMILES string of the molecule is COCc1cc(NC2CCN(C)C2c2ccc(Cl)cc2)n2ncnc2n1. The number of anilines is 1. The summed E-state index contributed by atoms with van der Waals surface area (Å²) in [5.74, 6) is 1.44. The number of likely N-dealkylation sites (N-methyl/N-ethyl adjacent to an activating group) is 1. The second kappa shape index (κ2) is 7.19. The fraction of sp³-hybridized carbons (Fsp3) is 0.389. The van der Waals surface area contributed by atoms with Crippen LogP contribution in [0.5, 0.6) is 0 Å². The van der Waals surface area contributed by atoms with Crippen molar-refractivity contribution >= 4 is 23.2 Å². The molecule has 1 N–H and O–H groups in total. The molecule has 1 aliphatic rings. The molecule has 2 aromatic heterocycles. The Labute approximate surface area is 157 Å². The second-order valence-electron chi connectivity index (χ2n) is 6.55. The Morgan fingerprint density at radius 3 is 2.88 bits per heavy atom. The molecule has 3 aromatic rings. The Hall–Kier alpha value is -2.22. The molecule has 2 unspecified atom stereocenters. The van der Waals surface area contributed by atoms with E-state index in [9.17, 15) is 0 Å². The number of rotatable bonds is 5. The molecule has 1 fully saturated rings. The van der Waals surface area contributed by atoms with Crippen LogP contribution in [0.15, 0.2) is 36.7 Å². The predicted octanol–water partition coefficient (Wildman–Crippen LogP) is 2.78. The zero-order valence-electron chi connectivity index (χ0n) is 14.8. The maximum absolute atomic E-state index is 6.05. The molecule has 0 radical (unpaired) electrons. The molecule has 1 aliphatic heterocycles.